The Morgan fingerprint density at radius 3 is 2.72 bits per heavy atom. The molecule has 1 saturated carbocycles. The molecule has 134 valence electrons. The zero-order valence-corrected chi connectivity index (χ0v) is 14.5. The van der Waals surface area contributed by atoms with E-state index in [0.717, 1.165) is 38.0 Å². The molecule has 4 atom stereocenters. The first kappa shape index (κ1) is 16.3. The van der Waals surface area contributed by atoms with Crippen molar-refractivity contribution in [1.29, 1.82) is 0 Å². The molecule has 0 aromatic carbocycles. The number of fused-ring (bicyclic) bond motifs is 1. The van der Waals surface area contributed by atoms with Crippen molar-refractivity contribution in [3.63, 3.8) is 0 Å². The molecule has 1 saturated heterocycles. The first-order chi connectivity index (χ1) is 12.1. The first-order valence-electron chi connectivity index (χ1n) is 9.03. The van der Waals surface area contributed by atoms with Crippen LogP contribution in [0.4, 0.5) is 0 Å². The van der Waals surface area contributed by atoms with Gasteiger partial charge in [-0.15, -0.1) is 0 Å². The Morgan fingerprint density at radius 1 is 1.24 bits per heavy atom. The third-order valence-electron chi connectivity index (χ3n) is 5.84. The summed E-state index contributed by atoms with van der Waals surface area (Å²) in [4.78, 5) is 14.6. The fourth-order valence-corrected chi connectivity index (χ4v) is 4.41. The number of aryl methyl sites for hydroxylation is 2. The van der Waals surface area contributed by atoms with Gasteiger partial charge < -0.3 is 10.0 Å². The Hall–Kier alpha value is -2.15. The van der Waals surface area contributed by atoms with Crippen LogP contribution in [0.1, 0.15) is 31.0 Å². The quantitative estimate of drug-likeness (QED) is 0.899. The van der Waals surface area contributed by atoms with Crippen LogP contribution in [0.3, 0.4) is 0 Å². The maximum absolute atomic E-state index is 12.6. The molecule has 7 nitrogen and oxygen atoms in total. The third-order valence-corrected chi connectivity index (χ3v) is 5.84. The summed E-state index contributed by atoms with van der Waals surface area (Å²) >= 11 is 0. The topological polar surface area (TPSA) is 76.2 Å². The van der Waals surface area contributed by atoms with E-state index < -0.39 is 0 Å². The molecule has 0 unspecified atom stereocenters. The number of aliphatic hydroxyl groups is 1. The molecule has 7 heteroatoms. The Bertz CT molecular complexity index is 726. The van der Waals surface area contributed by atoms with Crippen LogP contribution in [0, 0.1) is 11.8 Å². The molecule has 0 bridgehead atoms. The van der Waals surface area contributed by atoms with Crippen LogP contribution in [0.5, 0.6) is 0 Å². The summed E-state index contributed by atoms with van der Waals surface area (Å²) in [6, 6.07) is 3.88. The number of aromatic nitrogens is 4. The molecule has 4 rings (SSSR count). The van der Waals surface area contributed by atoms with E-state index in [9.17, 15) is 9.90 Å². The van der Waals surface area contributed by atoms with Gasteiger partial charge >= 0.3 is 0 Å². The third kappa shape index (κ3) is 3.20. The second kappa shape index (κ2) is 6.63. The molecular weight excluding hydrogens is 318 g/mol. The standard InChI is InChI=1S/C18H25N5O2/c1-21-15(5-7-19-21)3-4-18(25)22-11-13-9-16(23-8-2-6-20-23)17(24)10-14(13)12-22/h2,5-8,13-14,16-17,24H,3-4,9-12H2,1H3/t13-,14+,16-,17-/m1/s1. The molecule has 1 aliphatic heterocycles. The van der Waals surface area contributed by atoms with Gasteiger partial charge in [0.05, 0.1) is 12.1 Å². The summed E-state index contributed by atoms with van der Waals surface area (Å²) in [5.74, 6) is 1.07. The summed E-state index contributed by atoms with van der Waals surface area (Å²) in [6.45, 7) is 1.58. The second-order valence-corrected chi connectivity index (χ2v) is 7.36. The maximum atomic E-state index is 12.6. The Balaban J connectivity index is 1.36. The lowest BCUT2D eigenvalue weighted by Gasteiger charge is -2.35. The summed E-state index contributed by atoms with van der Waals surface area (Å²) in [7, 11) is 1.90. The highest BCUT2D eigenvalue weighted by atomic mass is 16.3. The highest BCUT2D eigenvalue weighted by Gasteiger charge is 2.43. The van der Waals surface area contributed by atoms with E-state index in [1.165, 1.54) is 0 Å². The lowest BCUT2D eigenvalue weighted by molar-refractivity contribution is -0.130. The molecule has 2 fully saturated rings. The van der Waals surface area contributed by atoms with Crippen LogP contribution in [-0.4, -0.2) is 54.7 Å². The van der Waals surface area contributed by atoms with Crippen LogP contribution in [0.15, 0.2) is 30.7 Å². The van der Waals surface area contributed by atoms with E-state index in [0.29, 0.717) is 18.3 Å². The Kier molecular flexibility index (Phi) is 4.33. The number of hydrogen-bond acceptors (Lipinski definition) is 4. The van der Waals surface area contributed by atoms with E-state index in [4.69, 9.17) is 0 Å². The minimum absolute atomic E-state index is 0.0285. The van der Waals surface area contributed by atoms with E-state index in [1.54, 1.807) is 12.4 Å². The number of carbonyl (C=O) groups excluding carboxylic acids is 1. The highest BCUT2D eigenvalue weighted by molar-refractivity contribution is 5.76. The molecule has 1 aliphatic carbocycles. The summed E-state index contributed by atoms with van der Waals surface area (Å²) in [5.41, 5.74) is 1.08. The van der Waals surface area contributed by atoms with Crippen molar-refractivity contribution in [3.8, 4) is 0 Å². The summed E-state index contributed by atoms with van der Waals surface area (Å²) < 4.78 is 3.69. The number of amides is 1. The molecule has 1 amide bonds. The van der Waals surface area contributed by atoms with Gasteiger partial charge in [-0.25, -0.2) is 0 Å². The average Bonchev–Trinajstić information content (AvgIpc) is 3.32. The molecule has 0 radical (unpaired) electrons. The van der Waals surface area contributed by atoms with Gasteiger partial charge in [0.1, 0.15) is 0 Å². The van der Waals surface area contributed by atoms with Crippen molar-refractivity contribution >= 4 is 5.91 Å². The number of rotatable bonds is 4. The molecule has 2 aromatic rings. The number of nitrogens with zero attached hydrogens (tertiary/aromatic N) is 5. The van der Waals surface area contributed by atoms with Crippen molar-refractivity contribution in [2.45, 2.75) is 37.8 Å². The highest BCUT2D eigenvalue weighted by Crippen LogP contribution is 2.41. The van der Waals surface area contributed by atoms with Crippen LogP contribution < -0.4 is 0 Å². The number of likely N-dealkylation sites (tertiary alicyclic amines) is 1. The molecule has 0 spiro atoms. The van der Waals surface area contributed by atoms with Gasteiger partial charge in [-0.1, -0.05) is 0 Å². The predicted octanol–water partition coefficient (Wildman–Crippen LogP) is 1.02. The van der Waals surface area contributed by atoms with Crippen LogP contribution in [0.2, 0.25) is 0 Å². The van der Waals surface area contributed by atoms with Crippen LogP contribution in [0.25, 0.3) is 0 Å². The first-order valence-corrected chi connectivity index (χ1v) is 9.03. The van der Waals surface area contributed by atoms with Crippen molar-refractivity contribution in [2.75, 3.05) is 13.1 Å². The molecular formula is C18H25N5O2. The fourth-order valence-electron chi connectivity index (χ4n) is 4.41. The van der Waals surface area contributed by atoms with Gasteiger partial charge in [0.15, 0.2) is 0 Å². The average molecular weight is 343 g/mol. The lowest BCUT2D eigenvalue weighted by atomic mass is 9.77. The lowest BCUT2D eigenvalue weighted by Crippen LogP contribution is -2.36. The number of carbonyl (C=O) groups is 1. The van der Waals surface area contributed by atoms with E-state index >= 15 is 0 Å². The summed E-state index contributed by atoms with van der Waals surface area (Å²) in [6.07, 6.45) is 7.93. The monoisotopic (exact) mass is 343 g/mol. The Labute approximate surface area is 147 Å². The van der Waals surface area contributed by atoms with Crippen LogP contribution in [-0.2, 0) is 18.3 Å². The normalized spacial score (nSPS) is 29.0. The van der Waals surface area contributed by atoms with Gasteiger partial charge in [-0.05, 0) is 43.2 Å². The molecule has 2 aliphatic rings. The largest absolute Gasteiger partial charge is 0.391 e. The Morgan fingerprint density at radius 2 is 2.04 bits per heavy atom. The predicted molar refractivity (Wildman–Crippen MR) is 91.6 cm³/mol. The summed E-state index contributed by atoms with van der Waals surface area (Å²) in [5, 5.41) is 18.9. The van der Waals surface area contributed by atoms with Crippen molar-refractivity contribution in [1.82, 2.24) is 24.5 Å². The second-order valence-electron chi connectivity index (χ2n) is 7.36. The van der Waals surface area contributed by atoms with Crippen molar-refractivity contribution in [3.05, 3.63) is 36.4 Å². The number of hydrogen-bond donors (Lipinski definition) is 1. The van der Waals surface area contributed by atoms with E-state index in [1.807, 2.05) is 39.6 Å². The van der Waals surface area contributed by atoms with Gasteiger partial charge in [0.2, 0.25) is 5.91 Å². The SMILES string of the molecule is Cn1nccc1CCC(=O)N1C[C@H]2C[C@@H](n3cccn3)[C@H](O)C[C@H]2C1. The molecule has 2 aromatic heterocycles. The van der Waals surface area contributed by atoms with Gasteiger partial charge in [-0.3, -0.25) is 14.2 Å². The van der Waals surface area contributed by atoms with E-state index in [2.05, 4.69) is 10.2 Å². The minimum atomic E-state index is -0.384. The van der Waals surface area contributed by atoms with Gasteiger partial charge in [-0.2, -0.15) is 10.2 Å². The van der Waals surface area contributed by atoms with E-state index in [-0.39, 0.29) is 18.1 Å². The minimum Gasteiger partial charge on any atom is -0.391 e. The zero-order valence-electron chi connectivity index (χ0n) is 14.5. The number of aliphatic hydroxyl groups excluding tert-OH is 1. The molecule has 25 heavy (non-hydrogen) atoms. The zero-order chi connectivity index (χ0) is 17.4. The van der Waals surface area contributed by atoms with Gasteiger partial charge in [0, 0.05) is 50.8 Å². The maximum Gasteiger partial charge on any atom is 0.222 e. The smallest absolute Gasteiger partial charge is 0.222 e. The van der Waals surface area contributed by atoms with Crippen LogP contribution >= 0.6 is 0 Å². The fraction of sp³-hybridized carbons (Fsp3) is 0.611. The van der Waals surface area contributed by atoms with Gasteiger partial charge in [0.25, 0.3) is 0 Å². The van der Waals surface area contributed by atoms with Crippen molar-refractivity contribution < 1.29 is 9.90 Å². The molecule has 3 heterocycles. The molecule has 1 N–H and O–H groups in total. The van der Waals surface area contributed by atoms with Crippen molar-refractivity contribution in [2.24, 2.45) is 18.9 Å².